The molecule has 0 aliphatic carbocycles. The Morgan fingerprint density at radius 1 is 1.00 bits per heavy atom. The summed E-state index contributed by atoms with van der Waals surface area (Å²) in [6, 6.07) is 22.2. The molecule has 3 aromatic carbocycles. The van der Waals surface area contributed by atoms with Gasteiger partial charge in [0.2, 0.25) is 0 Å². The Balaban J connectivity index is 1.55. The fraction of sp³-hybridized carbons (Fsp3) is 0.167. The van der Waals surface area contributed by atoms with Crippen molar-refractivity contribution in [1.82, 2.24) is 4.90 Å². The van der Waals surface area contributed by atoms with Crippen LogP contribution < -0.4 is 10.1 Å². The Labute approximate surface area is 175 Å². The number of hydrogen-bond acceptors (Lipinski definition) is 5. The third-order valence-corrected chi connectivity index (χ3v) is 5.14. The number of para-hydroxylation sites is 2. The number of hydrogen-bond donors (Lipinski definition) is 1. The van der Waals surface area contributed by atoms with E-state index in [4.69, 9.17) is 9.47 Å². The maximum Gasteiger partial charge on any atom is 0.337 e. The molecule has 3 aromatic rings. The molecule has 0 spiro atoms. The largest absolute Gasteiger partial charge is 0.488 e. The first-order chi connectivity index (χ1) is 14.6. The molecule has 1 N–H and O–H groups in total. The Kier molecular flexibility index (Phi) is 5.39. The molecule has 6 heteroatoms. The zero-order valence-corrected chi connectivity index (χ0v) is 16.8. The van der Waals surface area contributed by atoms with Gasteiger partial charge in [0.1, 0.15) is 18.5 Å². The Bertz CT molecular complexity index is 1080. The lowest BCUT2D eigenvalue weighted by Gasteiger charge is -2.36. The second-order valence-corrected chi connectivity index (χ2v) is 7.02. The molecule has 0 aromatic heterocycles. The molecule has 0 radical (unpaired) electrons. The van der Waals surface area contributed by atoms with Crippen LogP contribution in [0.15, 0.2) is 72.8 Å². The smallest absolute Gasteiger partial charge is 0.337 e. The Morgan fingerprint density at radius 2 is 1.70 bits per heavy atom. The summed E-state index contributed by atoms with van der Waals surface area (Å²) in [6.07, 6.45) is -0.342. The van der Waals surface area contributed by atoms with Crippen LogP contribution in [0.5, 0.6) is 5.75 Å². The standard InChI is InChI=1S/C24H22N2O4/c1-26-22(25-20-9-5-3-7-18(20)23(26)27)19-8-4-6-10-21(19)30-15-16-11-13-17(14-12-16)24(28)29-2/h3-14,22,25H,15H2,1-2H3/t22-/m1/s1. The lowest BCUT2D eigenvalue weighted by molar-refractivity contribution is 0.0600. The average Bonchev–Trinajstić information content (AvgIpc) is 2.80. The van der Waals surface area contributed by atoms with Crippen molar-refractivity contribution in [1.29, 1.82) is 0 Å². The zero-order valence-electron chi connectivity index (χ0n) is 16.8. The van der Waals surface area contributed by atoms with Crippen LogP contribution in [0.1, 0.15) is 38.0 Å². The number of rotatable bonds is 5. The predicted molar refractivity (Wildman–Crippen MR) is 113 cm³/mol. The van der Waals surface area contributed by atoms with Crippen LogP contribution in [0.3, 0.4) is 0 Å². The predicted octanol–water partition coefficient (Wildman–Crippen LogP) is 4.25. The molecular formula is C24H22N2O4. The minimum atomic E-state index is -0.371. The summed E-state index contributed by atoms with van der Waals surface area (Å²) in [5.41, 5.74) is 3.74. The fourth-order valence-corrected chi connectivity index (χ4v) is 3.49. The number of carbonyl (C=O) groups excluding carboxylic acids is 2. The highest BCUT2D eigenvalue weighted by atomic mass is 16.5. The number of amides is 1. The molecule has 152 valence electrons. The normalized spacial score (nSPS) is 15.2. The van der Waals surface area contributed by atoms with Gasteiger partial charge in [0.25, 0.3) is 5.91 Å². The molecule has 0 saturated carbocycles. The molecule has 1 atom stereocenters. The van der Waals surface area contributed by atoms with Crippen molar-refractivity contribution in [3.63, 3.8) is 0 Å². The van der Waals surface area contributed by atoms with E-state index in [0.29, 0.717) is 23.5 Å². The van der Waals surface area contributed by atoms with Crippen molar-refractivity contribution < 1.29 is 19.1 Å². The number of nitrogens with one attached hydrogen (secondary N) is 1. The van der Waals surface area contributed by atoms with Crippen LogP contribution in [0.4, 0.5) is 5.69 Å². The first-order valence-electron chi connectivity index (χ1n) is 9.60. The molecule has 0 saturated heterocycles. The number of anilines is 1. The van der Waals surface area contributed by atoms with E-state index in [1.165, 1.54) is 7.11 Å². The number of esters is 1. The van der Waals surface area contributed by atoms with Gasteiger partial charge in [0.15, 0.2) is 0 Å². The number of fused-ring (bicyclic) bond motifs is 1. The molecule has 1 aliphatic rings. The molecule has 1 heterocycles. The Morgan fingerprint density at radius 3 is 2.47 bits per heavy atom. The molecule has 1 amide bonds. The molecule has 0 unspecified atom stereocenters. The van der Waals surface area contributed by atoms with E-state index in [9.17, 15) is 9.59 Å². The summed E-state index contributed by atoms with van der Waals surface area (Å²) in [5, 5.41) is 3.43. The minimum absolute atomic E-state index is 0.0393. The van der Waals surface area contributed by atoms with E-state index in [-0.39, 0.29) is 18.0 Å². The highest BCUT2D eigenvalue weighted by Crippen LogP contribution is 2.36. The second-order valence-electron chi connectivity index (χ2n) is 7.02. The van der Waals surface area contributed by atoms with Crippen LogP contribution in [0, 0.1) is 0 Å². The van der Waals surface area contributed by atoms with E-state index in [1.807, 2.05) is 60.7 Å². The fourth-order valence-electron chi connectivity index (χ4n) is 3.49. The van der Waals surface area contributed by atoms with Crippen molar-refractivity contribution in [2.45, 2.75) is 12.8 Å². The van der Waals surface area contributed by atoms with Gasteiger partial charge in [-0.2, -0.15) is 0 Å². The molecule has 30 heavy (non-hydrogen) atoms. The van der Waals surface area contributed by atoms with E-state index in [1.54, 1.807) is 24.1 Å². The van der Waals surface area contributed by atoms with Crippen molar-refractivity contribution >= 4 is 17.6 Å². The summed E-state index contributed by atoms with van der Waals surface area (Å²) in [6.45, 7) is 0.333. The highest BCUT2D eigenvalue weighted by Gasteiger charge is 2.31. The summed E-state index contributed by atoms with van der Waals surface area (Å²) >= 11 is 0. The van der Waals surface area contributed by atoms with Crippen LogP contribution in [-0.2, 0) is 11.3 Å². The lowest BCUT2D eigenvalue weighted by Crippen LogP contribution is -2.40. The molecule has 6 nitrogen and oxygen atoms in total. The number of carbonyl (C=O) groups is 2. The highest BCUT2D eigenvalue weighted by molar-refractivity contribution is 6.01. The van der Waals surface area contributed by atoms with Gasteiger partial charge in [-0.05, 0) is 35.9 Å². The van der Waals surface area contributed by atoms with Crippen LogP contribution >= 0.6 is 0 Å². The van der Waals surface area contributed by atoms with E-state index in [0.717, 1.165) is 16.8 Å². The van der Waals surface area contributed by atoms with Crippen molar-refractivity contribution in [3.8, 4) is 5.75 Å². The van der Waals surface area contributed by atoms with Crippen LogP contribution in [0.25, 0.3) is 0 Å². The summed E-state index contributed by atoms with van der Waals surface area (Å²) in [4.78, 5) is 26.1. The van der Waals surface area contributed by atoms with Crippen LogP contribution in [-0.4, -0.2) is 30.9 Å². The number of methoxy groups -OCH3 is 1. The molecular weight excluding hydrogens is 380 g/mol. The van der Waals surface area contributed by atoms with Crippen molar-refractivity contribution in [3.05, 3.63) is 95.1 Å². The summed E-state index contributed by atoms with van der Waals surface area (Å²) < 4.78 is 10.8. The molecule has 1 aliphatic heterocycles. The van der Waals surface area contributed by atoms with E-state index < -0.39 is 0 Å². The number of ether oxygens (including phenoxy) is 2. The SMILES string of the molecule is COC(=O)c1ccc(COc2ccccc2[C@@H]2Nc3ccccc3C(=O)N2C)cc1. The lowest BCUT2D eigenvalue weighted by atomic mass is 10.0. The quantitative estimate of drug-likeness (QED) is 0.647. The number of benzene rings is 3. The van der Waals surface area contributed by atoms with Gasteiger partial charge in [0, 0.05) is 18.3 Å². The maximum absolute atomic E-state index is 12.8. The minimum Gasteiger partial charge on any atom is -0.488 e. The van der Waals surface area contributed by atoms with Gasteiger partial charge in [-0.25, -0.2) is 4.79 Å². The number of nitrogens with zero attached hydrogens (tertiary/aromatic N) is 1. The van der Waals surface area contributed by atoms with Gasteiger partial charge in [0.05, 0.1) is 18.2 Å². The van der Waals surface area contributed by atoms with Gasteiger partial charge < -0.3 is 19.7 Å². The van der Waals surface area contributed by atoms with E-state index in [2.05, 4.69) is 5.32 Å². The molecule has 4 rings (SSSR count). The van der Waals surface area contributed by atoms with Gasteiger partial charge in [-0.15, -0.1) is 0 Å². The molecule has 0 fully saturated rings. The molecule has 0 bridgehead atoms. The monoisotopic (exact) mass is 402 g/mol. The second kappa shape index (κ2) is 8.29. The summed E-state index contributed by atoms with van der Waals surface area (Å²) in [7, 11) is 3.13. The van der Waals surface area contributed by atoms with Crippen molar-refractivity contribution in [2.24, 2.45) is 0 Å². The Hall–Kier alpha value is -3.80. The van der Waals surface area contributed by atoms with E-state index >= 15 is 0 Å². The third kappa shape index (κ3) is 3.72. The summed E-state index contributed by atoms with van der Waals surface area (Å²) in [5.74, 6) is 0.276. The van der Waals surface area contributed by atoms with Crippen molar-refractivity contribution in [2.75, 3.05) is 19.5 Å². The first kappa shape index (κ1) is 19.5. The third-order valence-electron chi connectivity index (χ3n) is 5.14. The van der Waals surface area contributed by atoms with Crippen LogP contribution in [0.2, 0.25) is 0 Å². The maximum atomic E-state index is 12.8. The first-order valence-corrected chi connectivity index (χ1v) is 9.60. The van der Waals surface area contributed by atoms with Gasteiger partial charge in [-0.1, -0.05) is 42.5 Å². The average molecular weight is 402 g/mol. The van der Waals surface area contributed by atoms with Gasteiger partial charge in [-0.3, -0.25) is 4.79 Å². The zero-order chi connectivity index (χ0) is 21.1. The topological polar surface area (TPSA) is 67.9 Å². The van der Waals surface area contributed by atoms with Gasteiger partial charge >= 0.3 is 5.97 Å².